The van der Waals surface area contributed by atoms with Gasteiger partial charge in [0.25, 0.3) is 0 Å². The fraction of sp³-hybridized carbons (Fsp3) is 0.316. The first-order valence-corrected chi connectivity index (χ1v) is 10.3. The van der Waals surface area contributed by atoms with Crippen LogP contribution in [0.5, 0.6) is 0 Å². The standard InChI is InChI=1S/C19H20ClF2N5O4S/c20-9(12(24)5-23)4-15(26)32-19-18(30)16(17(29)14(7-28)31-19)27-6-13(25)8-1-2-10(21)11(22)3-8/h1-4,6,14,16-19,24,26-30H,7,25H2/b9-4+,13-6-,24-12?,26-15?. The lowest BCUT2D eigenvalue weighted by atomic mass is 9.97. The molecule has 2 rings (SSSR count). The molecule has 1 aliphatic heterocycles. The molecule has 172 valence electrons. The maximum Gasteiger partial charge on any atom is 0.159 e. The van der Waals surface area contributed by atoms with Crippen molar-refractivity contribution in [2.75, 3.05) is 6.61 Å². The van der Waals surface area contributed by atoms with Gasteiger partial charge in [-0.1, -0.05) is 23.4 Å². The van der Waals surface area contributed by atoms with Gasteiger partial charge in [0.05, 0.1) is 28.4 Å². The van der Waals surface area contributed by atoms with Crippen molar-refractivity contribution in [1.82, 2.24) is 5.32 Å². The van der Waals surface area contributed by atoms with E-state index >= 15 is 0 Å². The minimum Gasteiger partial charge on any atom is -0.397 e. The van der Waals surface area contributed by atoms with Crippen LogP contribution >= 0.6 is 23.4 Å². The summed E-state index contributed by atoms with van der Waals surface area (Å²) in [5.74, 6) is -2.14. The minimum atomic E-state index is -1.42. The highest BCUT2D eigenvalue weighted by Gasteiger charge is 2.44. The van der Waals surface area contributed by atoms with Crippen LogP contribution in [-0.4, -0.2) is 62.5 Å². The zero-order valence-electron chi connectivity index (χ0n) is 16.3. The number of nitriles is 1. The summed E-state index contributed by atoms with van der Waals surface area (Å²) in [4.78, 5) is 0. The van der Waals surface area contributed by atoms with Gasteiger partial charge in [-0.15, -0.1) is 0 Å². The third-order valence-electron chi connectivity index (χ3n) is 4.42. The van der Waals surface area contributed by atoms with E-state index in [1.54, 1.807) is 0 Å². The van der Waals surface area contributed by atoms with Crippen LogP contribution in [0.1, 0.15) is 5.56 Å². The van der Waals surface area contributed by atoms with Crippen LogP contribution in [0, 0.1) is 33.8 Å². The highest BCUT2D eigenvalue weighted by Crippen LogP contribution is 2.30. The summed E-state index contributed by atoms with van der Waals surface area (Å²) in [5, 5.41) is 56.6. The maximum absolute atomic E-state index is 13.4. The van der Waals surface area contributed by atoms with Gasteiger partial charge >= 0.3 is 0 Å². The second-order valence-corrected chi connectivity index (χ2v) is 8.14. The molecule has 5 atom stereocenters. The van der Waals surface area contributed by atoms with E-state index in [1.807, 2.05) is 0 Å². The summed E-state index contributed by atoms with van der Waals surface area (Å²) in [6, 6.07) is 3.42. The van der Waals surface area contributed by atoms with Crippen LogP contribution in [0.2, 0.25) is 0 Å². The molecule has 0 aliphatic carbocycles. The number of thioether (sulfide) groups is 1. The Bertz CT molecular complexity index is 987. The SMILES string of the molecule is N#CC(=N)/C(Cl)=C\C(=N)SC1OC(CO)C(O)C(N/C=C(\N)c2ccc(F)c(F)c2)C1O. The second kappa shape index (κ2) is 11.4. The van der Waals surface area contributed by atoms with Gasteiger partial charge in [0.15, 0.2) is 17.3 Å². The topological polar surface area (TPSA) is 179 Å². The molecule has 0 aromatic heterocycles. The van der Waals surface area contributed by atoms with Crippen molar-refractivity contribution in [3.8, 4) is 6.07 Å². The van der Waals surface area contributed by atoms with Gasteiger partial charge in [0.2, 0.25) is 0 Å². The Morgan fingerprint density at radius 3 is 2.59 bits per heavy atom. The van der Waals surface area contributed by atoms with Gasteiger partial charge in [-0.3, -0.25) is 10.8 Å². The molecule has 1 fully saturated rings. The van der Waals surface area contributed by atoms with Crippen molar-refractivity contribution in [2.45, 2.75) is 29.8 Å². The molecule has 13 heteroatoms. The average molecular weight is 488 g/mol. The van der Waals surface area contributed by atoms with Crippen LogP contribution in [0.3, 0.4) is 0 Å². The number of nitrogens with one attached hydrogen (secondary N) is 3. The van der Waals surface area contributed by atoms with Crippen molar-refractivity contribution < 1.29 is 28.8 Å². The van der Waals surface area contributed by atoms with E-state index in [0.717, 1.165) is 18.2 Å². The molecule has 0 amide bonds. The smallest absolute Gasteiger partial charge is 0.159 e. The number of ether oxygens (including phenoxy) is 1. The van der Waals surface area contributed by atoms with Crippen molar-refractivity contribution >= 4 is 39.8 Å². The zero-order valence-corrected chi connectivity index (χ0v) is 17.9. The zero-order chi connectivity index (χ0) is 24.0. The molecule has 1 saturated heterocycles. The molecule has 32 heavy (non-hydrogen) atoms. The first kappa shape index (κ1) is 25.7. The third-order valence-corrected chi connectivity index (χ3v) is 5.71. The molecule has 0 radical (unpaired) electrons. The Morgan fingerprint density at radius 2 is 2.00 bits per heavy atom. The van der Waals surface area contributed by atoms with Gasteiger partial charge in [-0.2, -0.15) is 5.26 Å². The summed E-state index contributed by atoms with van der Waals surface area (Å²) < 4.78 is 32.0. The first-order valence-electron chi connectivity index (χ1n) is 9.00. The number of halogens is 3. The summed E-state index contributed by atoms with van der Waals surface area (Å²) in [6.07, 6.45) is -1.73. The predicted molar refractivity (Wildman–Crippen MR) is 116 cm³/mol. The van der Waals surface area contributed by atoms with Crippen LogP contribution < -0.4 is 11.1 Å². The molecule has 9 nitrogen and oxygen atoms in total. The van der Waals surface area contributed by atoms with E-state index in [2.05, 4.69) is 5.32 Å². The number of aliphatic hydroxyl groups excluding tert-OH is 3. The van der Waals surface area contributed by atoms with E-state index in [4.69, 9.17) is 38.2 Å². The number of nitrogens with two attached hydrogens (primary N) is 1. The molecule has 1 heterocycles. The molecule has 5 unspecified atom stereocenters. The number of benzene rings is 1. The molecule has 0 saturated carbocycles. The van der Waals surface area contributed by atoms with E-state index in [-0.39, 0.29) is 21.3 Å². The van der Waals surface area contributed by atoms with Crippen molar-refractivity contribution in [1.29, 1.82) is 16.1 Å². The minimum absolute atomic E-state index is 0.0167. The van der Waals surface area contributed by atoms with Crippen molar-refractivity contribution in [3.05, 3.63) is 52.7 Å². The van der Waals surface area contributed by atoms with Crippen molar-refractivity contribution in [2.24, 2.45) is 5.73 Å². The number of nitrogens with zero attached hydrogens (tertiary/aromatic N) is 1. The summed E-state index contributed by atoms with van der Waals surface area (Å²) in [5.41, 5.74) is 4.30. The quantitative estimate of drug-likeness (QED) is 0.220. The number of rotatable bonds is 7. The second-order valence-electron chi connectivity index (χ2n) is 6.59. The van der Waals surface area contributed by atoms with E-state index in [1.165, 1.54) is 18.3 Å². The normalized spacial score (nSPS) is 26.3. The van der Waals surface area contributed by atoms with Crippen LogP contribution in [0.25, 0.3) is 5.70 Å². The third kappa shape index (κ3) is 6.26. The largest absolute Gasteiger partial charge is 0.397 e. The summed E-state index contributed by atoms with van der Waals surface area (Å²) in [6.45, 7) is -0.603. The Hall–Kier alpha value is -2.53. The fourth-order valence-electron chi connectivity index (χ4n) is 2.73. The Balaban J connectivity index is 2.18. The summed E-state index contributed by atoms with van der Waals surface area (Å²) >= 11 is 6.43. The van der Waals surface area contributed by atoms with Crippen LogP contribution in [0.15, 0.2) is 35.5 Å². The molecule has 0 spiro atoms. The van der Waals surface area contributed by atoms with Gasteiger partial charge in [0, 0.05) is 11.8 Å². The van der Waals surface area contributed by atoms with E-state index in [9.17, 15) is 24.1 Å². The predicted octanol–water partition coefficient (Wildman–Crippen LogP) is 0.996. The molecule has 1 aliphatic rings. The Kier molecular flexibility index (Phi) is 9.14. The molecule has 1 aromatic carbocycles. The van der Waals surface area contributed by atoms with Gasteiger partial charge in [0.1, 0.15) is 29.8 Å². The van der Waals surface area contributed by atoms with E-state index in [0.29, 0.717) is 11.8 Å². The number of hydrogen-bond donors (Lipinski definition) is 7. The van der Waals surface area contributed by atoms with Crippen LogP contribution in [0.4, 0.5) is 8.78 Å². The highest BCUT2D eigenvalue weighted by molar-refractivity contribution is 8.14. The molecular formula is C19H20ClF2N5O4S. The highest BCUT2D eigenvalue weighted by atomic mass is 35.5. The lowest BCUT2D eigenvalue weighted by Crippen LogP contribution is -2.62. The average Bonchev–Trinajstić information content (AvgIpc) is 2.76. The molecule has 8 N–H and O–H groups in total. The van der Waals surface area contributed by atoms with Gasteiger partial charge in [-0.05, 0) is 24.3 Å². The Labute approximate surface area is 191 Å². The lowest BCUT2D eigenvalue weighted by molar-refractivity contribution is -0.164. The Morgan fingerprint density at radius 1 is 1.31 bits per heavy atom. The monoisotopic (exact) mass is 487 g/mol. The maximum atomic E-state index is 13.4. The van der Waals surface area contributed by atoms with Gasteiger partial charge < -0.3 is 31.1 Å². The van der Waals surface area contributed by atoms with Crippen LogP contribution in [-0.2, 0) is 4.74 Å². The van der Waals surface area contributed by atoms with E-state index < -0.39 is 53.7 Å². The molecular weight excluding hydrogens is 468 g/mol. The first-order chi connectivity index (χ1) is 15.1. The summed E-state index contributed by atoms with van der Waals surface area (Å²) in [7, 11) is 0. The fourth-order valence-corrected chi connectivity index (χ4v) is 3.89. The van der Waals surface area contributed by atoms with Gasteiger partial charge in [-0.25, -0.2) is 8.78 Å². The number of allylic oxidation sites excluding steroid dienone is 1. The van der Waals surface area contributed by atoms with Crippen molar-refractivity contribution in [3.63, 3.8) is 0 Å². The molecule has 0 bridgehead atoms. The lowest BCUT2D eigenvalue weighted by Gasteiger charge is -2.42. The molecule has 1 aromatic rings. The number of hydrogen-bond acceptors (Lipinski definition) is 10. The number of aliphatic hydroxyl groups is 3.